The molecule has 5 nitrogen and oxygen atoms in total. The van der Waals surface area contributed by atoms with Gasteiger partial charge in [-0.15, -0.1) is 0 Å². The molecule has 0 aliphatic carbocycles. The maximum absolute atomic E-state index is 13.3. The van der Waals surface area contributed by atoms with Crippen LogP contribution in [0.3, 0.4) is 0 Å². The van der Waals surface area contributed by atoms with Crippen LogP contribution in [0.25, 0.3) is 0 Å². The lowest BCUT2D eigenvalue weighted by atomic mass is 9.87. The Morgan fingerprint density at radius 3 is 2.52 bits per heavy atom. The molecule has 0 saturated carbocycles. The molecule has 1 fully saturated rings. The van der Waals surface area contributed by atoms with Crippen LogP contribution >= 0.6 is 0 Å². The van der Waals surface area contributed by atoms with Crippen molar-refractivity contribution >= 4 is 5.91 Å². The summed E-state index contributed by atoms with van der Waals surface area (Å²) < 4.78 is 7.67. The van der Waals surface area contributed by atoms with Gasteiger partial charge < -0.3 is 19.3 Å². The van der Waals surface area contributed by atoms with Gasteiger partial charge in [-0.3, -0.25) is 4.79 Å². The lowest BCUT2D eigenvalue weighted by molar-refractivity contribution is -0.134. The van der Waals surface area contributed by atoms with Crippen molar-refractivity contribution in [3.63, 3.8) is 0 Å². The highest BCUT2D eigenvalue weighted by atomic mass is 16.5. The van der Waals surface area contributed by atoms with Gasteiger partial charge in [-0.1, -0.05) is 20.8 Å². The van der Waals surface area contributed by atoms with Gasteiger partial charge in [0.25, 0.3) is 0 Å². The number of likely N-dealkylation sites (tertiary alicyclic amines) is 1. The zero-order valence-corrected chi connectivity index (χ0v) is 18.3. The number of aromatic hydroxyl groups is 1. The van der Waals surface area contributed by atoms with Crippen LogP contribution < -0.4 is 4.74 Å². The van der Waals surface area contributed by atoms with Crippen molar-refractivity contribution in [3.8, 4) is 11.5 Å². The maximum atomic E-state index is 13.3. The van der Waals surface area contributed by atoms with Crippen molar-refractivity contribution < 1.29 is 14.6 Å². The number of aromatic nitrogens is 1. The third kappa shape index (κ3) is 4.60. The normalized spacial score (nSPS) is 20.5. The van der Waals surface area contributed by atoms with Gasteiger partial charge in [0.15, 0.2) is 0 Å². The van der Waals surface area contributed by atoms with Crippen LogP contribution in [0.1, 0.15) is 56.4 Å². The Kier molecular flexibility index (Phi) is 6.56. The lowest BCUT2D eigenvalue weighted by Gasteiger charge is -2.36. The van der Waals surface area contributed by atoms with Crippen molar-refractivity contribution in [1.82, 2.24) is 9.47 Å². The second-order valence-electron chi connectivity index (χ2n) is 8.63. The highest BCUT2D eigenvalue weighted by molar-refractivity contribution is 5.78. The van der Waals surface area contributed by atoms with Crippen LogP contribution in [-0.4, -0.2) is 40.7 Å². The molecule has 0 radical (unpaired) electrons. The molecule has 158 valence electrons. The number of aryl methyl sites for hydroxylation is 2. The third-order valence-corrected chi connectivity index (χ3v) is 6.10. The largest absolute Gasteiger partial charge is 0.507 e. The smallest absolute Gasteiger partial charge is 0.223 e. The number of amides is 1. The number of phenolic OH excluding ortho intramolecular Hbond substituents is 1. The number of hydrogen-bond donors (Lipinski definition) is 1. The number of rotatable bonds is 6. The van der Waals surface area contributed by atoms with E-state index in [2.05, 4.69) is 13.8 Å². The van der Waals surface area contributed by atoms with E-state index >= 15 is 0 Å². The van der Waals surface area contributed by atoms with Crippen molar-refractivity contribution in [2.45, 2.75) is 46.0 Å². The monoisotopic (exact) mass is 398 g/mol. The van der Waals surface area contributed by atoms with E-state index in [1.54, 1.807) is 13.2 Å². The fourth-order valence-corrected chi connectivity index (χ4v) is 4.75. The number of carbonyl (C=O) groups is 1. The summed E-state index contributed by atoms with van der Waals surface area (Å²) in [6.07, 6.45) is 4.26. The average Bonchev–Trinajstić information content (AvgIpc) is 3.10. The Morgan fingerprint density at radius 2 is 1.97 bits per heavy atom. The van der Waals surface area contributed by atoms with Crippen LogP contribution in [0.15, 0.2) is 30.5 Å². The van der Waals surface area contributed by atoms with Gasteiger partial charge in [0.1, 0.15) is 11.5 Å². The third-order valence-electron chi connectivity index (χ3n) is 6.10. The number of methoxy groups -OCH3 is 1. The highest BCUT2D eigenvalue weighted by Gasteiger charge is 2.31. The van der Waals surface area contributed by atoms with Crippen LogP contribution in [0.4, 0.5) is 0 Å². The fraction of sp³-hybridized carbons (Fsp3) is 0.542. The average molecular weight is 399 g/mol. The molecule has 3 unspecified atom stereocenters. The van der Waals surface area contributed by atoms with Crippen molar-refractivity contribution in [1.29, 1.82) is 0 Å². The molecule has 0 bridgehead atoms. The minimum atomic E-state index is -0.268. The van der Waals surface area contributed by atoms with Crippen LogP contribution in [0.5, 0.6) is 11.5 Å². The minimum Gasteiger partial charge on any atom is -0.507 e. The molecule has 2 aromatic rings. The Hall–Kier alpha value is -2.43. The molecule has 1 amide bonds. The van der Waals surface area contributed by atoms with Gasteiger partial charge in [-0.2, -0.15) is 0 Å². The number of ether oxygens (including phenoxy) is 1. The number of benzene rings is 1. The van der Waals surface area contributed by atoms with E-state index in [0.717, 1.165) is 37.2 Å². The molecule has 0 spiro atoms. The first-order valence-electron chi connectivity index (χ1n) is 10.6. The summed E-state index contributed by atoms with van der Waals surface area (Å²) in [6.45, 7) is 8.08. The predicted molar refractivity (Wildman–Crippen MR) is 115 cm³/mol. The van der Waals surface area contributed by atoms with E-state index in [1.165, 1.54) is 0 Å². The molecule has 1 aliphatic heterocycles. The van der Waals surface area contributed by atoms with E-state index in [9.17, 15) is 9.90 Å². The van der Waals surface area contributed by atoms with Crippen LogP contribution in [0, 0.1) is 11.8 Å². The first kappa shape index (κ1) is 21.3. The van der Waals surface area contributed by atoms with E-state index in [0.29, 0.717) is 29.6 Å². The molecule has 1 aliphatic rings. The Labute approximate surface area is 174 Å². The molecule has 29 heavy (non-hydrogen) atoms. The molecule has 5 heteroatoms. The van der Waals surface area contributed by atoms with Gasteiger partial charge in [0.2, 0.25) is 5.91 Å². The Bertz CT molecular complexity index is 848. The summed E-state index contributed by atoms with van der Waals surface area (Å²) in [4.78, 5) is 15.3. The first-order valence-corrected chi connectivity index (χ1v) is 10.6. The van der Waals surface area contributed by atoms with Gasteiger partial charge in [-0.25, -0.2) is 0 Å². The first-order chi connectivity index (χ1) is 13.8. The van der Waals surface area contributed by atoms with Gasteiger partial charge >= 0.3 is 0 Å². The molecule has 1 aromatic heterocycles. The van der Waals surface area contributed by atoms with Crippen LogP contribution in [0.2, 0.25) is 0 Å². The summed E-state index contributed by atoms with van der Waals surface area (Å²) in [6, 6.07) is 7.76. The molecular weight excluding hydrogens is 364 g/mol. The standard InChI is InChI=1S/C24H34N2O3/c1-6-18-11-21(27)24(22(12-18)29-5)19(20-8-7-9-25(20)4)13-23(28)26-14-16(2)10-17(3)15-26/h7-9,11-12,16-17,19,27H,6,10,13-15H2,1-5H3. The maximum Gasteiger partial charge on any atom is 0.223 e. The molecule has 1 aromatic carbocycles. The predicted octanol–water partition coefficient (Wildman–Crippen LogP) is 4.33. The second-order valence-corrected chi connectivity index (χ2v) is 8.63. The summed E-state index contributed by atoms with van der Waals surface area (Å²) >= 11 is 0. The number of phenols is 1. The quantitative estimate of drug-likeness (QED) is 0.788. The summed E-state index contributed by atoms with van der Waals surface area (Å²) in [7, 11) is 3.59. The van der Waals surface area contributed by atoms with E-state index in [1.807, 2.05) is 47.8 Å². The van der Waals surface area contributed by atoms with Crippen molar-refractivity contribution in [2.75, 3.05) is 20.2 Å². The van der Waals surface area contributed by atoms with E-state index in [4.69, 9.17) is 4.74 Å². The molecule has 2 heterocycles. The van der Waals surface area contributed by atoms with E-state index < -0.39 is 0 Å². The minimum absolute atomic E-state index is 0.135. The summed E-state index contributed by atoms with van der Waals surface area (Å²) in [5, 5.41) is 10.9. The summed E-state index contributed by atoms with van der Waals surface area (Å²) in [5.41, 5.74) is 2.70. The number of carbonyl (C=O) groups excluding carboxylic acids is 1. The van der Waals surface area contributed by atoms with Crippen LogP contribution in [-0.2, 0) is 18.3 Å². The molecule has 3 atom stereocenters. The molecule has 1 N–H and O–H groups in total. The molecule has 1 saturated heterocycles. The second kappa shape index (κ2) is 8.93. The lowest BCUT2D eigenvalue weighted by Crippen LogP contribution is -2.43. The zero-order valence-electron chi connectivity index (χ0n) is 18.3. The Balaban J connectivity index is 1.99. The molecule has 3 rings (SSSR count). The summed E-state index contributed by atoms with van der Waals surface area (Å²) in [5.74, 6) is 1.74. The molecular formula is C24H34N2O3. The SMILES string of the molecule is CCc1cc(O)c(C(CC(=O)N2CC(C)CC(C)C2)c2cccn2C)c(OC)c1. The van der Waals surface area contributed by atoms with Crippen molar-refractivity contribution in [3.05, 3.63) is 47.3 Å². The van der Waals surface area contributed by atoms with Gasteiger partial charge in [0, 0.05) is 49.9 Å². The fourth-order valence-electron chi connectivity index (χ4n) is 4.75. The topological polar surface area (TPSA) is 54.7 Å². The van der Waals surface area contributed by atoms with Crippen molar-refractivity contribution in [2.24, 2.45) is 18.9 Å². The Morgan fingerprint density at radius 1 is 1.28 bits per heavy atom. The van der Waals surface area contributed by atoms with Gasteiger partial charge in [-0.05, 0) is 54.5 Å². The van der Waals surface area contributed by atoms with Gasteiger partial charge in [0.05, 0.1) is 7.11 Å². The van der Waals surface area contributed by atoms with E-state index in [-0.39, 0.29) is 17.6 Å². The number of hydrogen-bond acceptors (Lipinski definition) is 3. The number of nitrogens with zero attached hydrogens (tertiary/aromatic N) is 2. The number of piperidine rings is 1. The highest BCUT2D eigenvalue weighted by Crippen LogP contribution is 2.42. The zero-order chi connectivity index (χ0) is 21.1.